The van der Waals surface area contributed by atoms with Crippen molar-refractivity contribution in [1.82, 2.24) is 9.55 Å². The summed E-state index contributed by atoms with van der Waals surface area (Å²) in [6, 6.07) is 1.53. The van der Waals surface area contributed by atoms with E-state index in [-0.39, 0.29) is 17.4 Å². The Kier molecular flexibility index (Phi) is 6.57. The van der Waals surface area contributed by atoms with Crippen LogP contribution < -0.4 is 5.46 Å². The van der Waals surface area contributed by atoms with Gasteiger partial charge in [0.2, 0.25) is 0 Å². The van der Waals surface area contributed by atoms with Crippen LogP contribution in [0.5, 0.6) is 0 Å². The van der Waals surface area contributed by atoms with Gasteiger partial charge in [0.15, 0.2) is 0 Å². The highest BCUT2D eigenvalue weighted by Crippen LogP contribution is 2.40. The molecule has 0 N–H and O–H groups in total. The minimum absolute atomic E-state index is 0.0158. The van der Waals surface area contributed by atoms with Crippen molar-refractivity contribution in [3.8, 4) is 0 Å². The second-order valence-electron chi connectivity index (χ2n) is 7.14. The molecule has 11 heteroatoms. The van der Waals surface area contributed by atoms with E-state index in [1.165, 1.54) is 19.2 Å². The third-order valence-corrected chi connectivity index (χ3v) is 6.85. The van der Waals surface area contributed by atoms with Gasteiger partial charge in [0.1, 0.15) is 0 Å². The first-order valence-corrected chi connectivity index (χ1v) is 12.1. The van der Waals surface area contributed by atoms with Crippen molar-refractivity contribution in [2.45, 2.75) is 52.0 Å². The first-order valence-electron chi connectivity index (χ1n) is 8.07. The molecule has 0 bridgehead atoms. The maximum absolute atomic E-state index is 13.8. The molecule has 1 fully saturated rings. The third-order valence-electron chi connectivity index (χ3n) is 4.97. The molecule has 0 aliphatic carbocycles. The molecule has 0 radical (unpaired) electrons. The summed E-state index contributed by atoms with van der Waals surface area (Å²) < 4.78 is 64.5. The standard InChI is InChI=1S/C15H18BF3IN2O2P.CH3F/c1-8-6-10-9(7-21-22(10)25-20)12(11(8)15(17,18)19)16-23-13(2,3)14(4,5)24-16;1-2/h6-7,25H,1-5H3;1H3. The third kappa shape index (κ3) is 4.00. The highest BCUT2D eigenvalue weighted by molar-refractivity contribution is 14.2. The van der Waals surface area contributed by atoms with Gasteiger partial charge in [-0.25, -0.2) is 4.45 Å². The van der Waals surface area contributed by atoms with Crippen molar-refractivity contribution in [1.29, 1.82) is 0 Å². The summed E-state index contributed by atoms with van der Waals surface area (Å²) in [4.78, 5) is 0. The van der Waals surface area contributed by atoms with Gasteiger partial charge >= 0.3 is 13.3 Å². The molecular formula is C16H21BF4IN2O2P. The molecule has 2 heterocycles. The SMILES string of the molecule is CF.Cc1cc2c(cnn2PI)c(B2OC(C)(C)C(C)(C)O2)c1C(F)(F)F. The summed E-state index contributed by atoms with van der Waals surface area (Å²) in [6.07, 6.45) is -2.75. The van der Waals surface area contributed by atoms with Gasteiger partial charge in [-0.2, -0.15) is 18.3 Å². The summed E-state index contributed by atoms with van der Waals surface area (Å²) in [6.45, 7) is 8.75. The fourth-order valence-corrected chi connectivity index (χ4v) is 4.51. The minimum Gasteiger partial charge on any atom is -0.399 e. The lowest BCUT2D eigenvalue weighted by atomic mass is 9.72. The van der Waals surface area contributed by atoms with Crippen molar-refractivity contribution in [3.05, 3.63) is 23.4 Å². The number of aromatic nitrogens is 2. The van der Waals surface area contributed by atoms with Crippen molar-refractivity contribution in [2.75, 3.05) is 7.18 Å². The van der Waals surface area contributed by atoms with Crippen molar-refractivity contribution >= 4 is 51.9 Å². The molecule has 0 saturated carbocycles. The Bertz CT molecular complexity index is 826. The first kappa shape index (κ1) is 22.8. The lowest BCUT2D eigenvalue weighted by Crippen LogP contribution is -2.41. The topological polar surface area (TPSA) is 36.3 Å². The number of nitrogens with zero attached hydrogens (tertiary/aromatic N) is 2. The number of rotatable bonds is 2. The largest absolute Gasteiger partial charge is 0.496 e. The lowest BCUT2D eigenvalue weighted by molar-refractivity contribution is -0.137. The molecule has 1 aliphatic rings. The van der Waals surface area contributed by atoms with Gasteiger partial charge in [-0.1, -0.05) is 0 Å². The predicted molar refractivity (Wildman–Crippen MR) is 110 cm³/mol. The molecule has 150 valence electrons. The van der Waals surface area contributed by atoms with Gasteiger partial charge in [0.25, 0.3) is 0 Å². The molecule has 1 atom stereocenters. The van der Waals surface area contributed by atoms with E-state index in [1.54, 1.807) is 4.45 Å². The van der Waals surface area contributed by atoms with Crippen molar-refractivity contribution in [2.24, 2.45) is 0 Å². The second-order valence-corrected chi connectivity index (χ2v) is 9.18. The summed E-state index contributed by atoms with van der Waals surface area (Å²) in [5, 5.41) is 4.64. The number of hydrogen-bond donors (Lipinski definition) is 0. The Balaban J connectivity index is 0.00000126. The fraction of sp³-hybridized carbons (Fsp3) is 0.562. The molecule has 0 amide bonds. The number of benzene rings is 1. The second kappa shape index (κ2) is 7.76. The van der Waals surface area contributed by atoms with Crippen LogP contribution in [-0.2, 0) is 15.5 Å². The maximum atomic E-state index is 13.8. The van der Waals surface area contributed by atoms with Crippen molar-refractivity contribution < 1.29 is 26.9 Å². The van der Waals surface area contributed by atoms with Gasteiger partial charge in [-0.05, 0) is 68.3 Å². The van der Waals surface area contributed by atoms with E-state index in [0.29, 0.717) is 18.1 Å². The van der Waals surface area contributed by atoms with E-state index < -0.39 is 30.1 Å². The summed E-state index contributed by atoms with van der Waals surface area (Å²) >= 11 is 2.15. The summed E-state index contributed by atoms with van der Waals surface area (Å²) in [5.74, 6) is 0. The van der Waals surface area contributed by atoms with E-state index in [4.69, 9.17) is 9.31 Å². The van der Waals surface area contributed by atoms with Crippen LogP contribution in [0, 0.1) is 6.92 Å². The van der Waals surface area contributed by atoms with Gasteiger partial charge < -0.3 is 9.31 Å². The number of aryl methyl sites for hydroxylation is 1. The Hall–Kier alpha value is -0.445. The lowest BCUT2D eigenvalue weighted by Gasteiger charge is -2.32. The van der Waals surface area contributed by atoms with E-state index >= 15 is 0 Å². The number of halogens is 5. The van der Waals surface area contributed by atoms with Crippen LogP contribution in [0.15, 0.2) is 12.3 Å². The smallest absolute Gasteiger partial charge is 0.399 e. The van der Waals surface area contributed by atoms with Crippen LogP contribution >= 0.6 is 28.4 Å². The van der Waals surface area contributed by atoms with Gasteiger partial charge in [-0.15, -0.1) is 0 Å². The van der Waals surface area contributed by atoms with E-state index in [2.05, 4.69) is 27.1 Å². The average molecular weight is 518 g/mol. The minimum atomic E-state index is -4.51. The fourth-order valence-electron chi connectivity index (χ4n) is 2.98. The Labute approximate surface area is 170 Å². The van der Waals surface area contributed by atoms with Gasteiger partial charge in [0, 0.05) is 10.8 Å². The predicted octanol–water partition coefficient (Wildman–Crippen LogP) is 5.04. The van der Waals surface area contributed by atoms with Crippen LogP contribution in [0.3, 0.4) is 0 Å². The Morgan fingerprint density at radius 1 is 1.15 bits per heavy atom. The van der Waals surface area contributed by atoms with Crippen LogP contribution in [0.1, 0.15) is 38.8 Å². The zero-order valence-electron chi connectivity index (χ0n) is 15.8. The molecule has 1 aliphatic heterocycles. The maximum Gasteiger partial charge on any atom is 0.496 e. The summed E-state index contributed by atoms with van der Waals surface area (Å²) in [5.41, 5.74) is -1.34. The molecule has 2 aromatic rings. The zero-order valence-corrected chi connectivity index (χ0v) is 19.0. The monoisotopic (exact) mass is 518 g/mol. The number of alkyl halides is 4. The highest BCUT2D eigenvalue weighted by atomic mass is 127. The molecular weight excluding hydrogens is 497 g/mol. The number of hydrogen-bond acceptors (Lipinski definition) is 3. The van der Waals surface area contributed by atoms with E-state index in [9.17, 15) is 17.6 Å². The van der Waals surface area contributed by atoms with Crippen LogP contribution in [0.2, 0.25) is 0 Å². The zero-order chi connectivity index (χ0) is 20.8. The first-order chi connectivity index (χ1) is 12.4. The quantitative estimate of drug-likeness (QED) is 0.242. The van der Waals surface area contributed by atoms with Crippen LogP contribution in [0.25, 0.3) is 10.9 Å². The number of fused-ring (bicyclic) bond motifs is 1. The van der Waals surface area contributed by atoms with Crippen LogP contribution in [-0.4, -0.2) is 35.0 Å². The molecule has 4 nitrogen and oxygen atoms in total. The molecule has 1 saturated heterocycles. The average Bonchev–Trinajstić information content (AvgIpc) is 3.04. The highest BCUT2D eigenvalue weighted by Gasteiger charge is 2.54. The van der Waals surface area contributed by atoms with E-state index in [0.717, 1.165) is 0 Å². The van der Waals surface area contributed by atoms with Gasteiger partial charge in [-0.3, -0.25) is 4.39 Å². The Morgan fingerprint density at radius 3 is 2.11 bits per heavy atom. The molecule has 3 rings (SSSR count). The van der Waals surface area contributed by atoms with E-state index in [1.807, 2.05) is 27.7 Å². The molecule has 0 spiro atoms. The summed E-state index contributed by atoms with van der Waals surface area (Å²) in [7, 11) is -0.598. The van der Waals surface area contributed by atoms with Gasteiger partial charge in [0.05, 0.1) is 42.0 Å². The molecule has 1 unspecified atom stereocenters. The van der Waals surface area contributed by atoms with Crippen LogP contribution in [0.4, 0.5) is 17.6 Å². The Morgan fingerprint density at radius 2 is 1.67 bits per heavy atom. The molecule has 1 aromatic heterocycles. The van der Waals surface area contributed by atoms with Crippen molar-refractivity contribution in [3.63, 3.8) is 0 Å². The molecule has 27 heavy (non-hydrogen) atoms. The molecule has 1 aromatic carbocycles. The normalized spacial score (nSPS) is 19.0.